The number of amides is 2. The van der Waals surface area contributed by atoms with Gasteiger partial charge in [0.2, 0.25) is 0 Å². The van der Waals surface area contributed by atoms with Crippen LogP contribution >= 0.6 is 27.5 Å². The van der Waals surface area contributed by atoms with E-state index in [9.17, 15) is 9.59 Å². The van der Waals surface area contributed by atoms with E-state index < -0.39 is 5.91 Å². The lowest BCUT2D eigenvalue weighted by Crippen LogP contribution is -2.22. The van der Waals surface area contributed by atoms with Gasteiger partial charge < -0.3 is 14.5 Å². The van der Waals surface area contributed by atoms with Gasteiger partial charge in [-0.15, -0.1) is 0 Å². The van der Waals surface area contributed by atoms with E-state index in [1.807, 2.05) is 6.92 Å². The number of carbonyl (C=O) groups is 2. The smallest absolute Gasteiger partial charge is 0.291 e. The number of rotatable bonds is 5. The van der Waals surface area contributed by atoms with E-state index in [-0.39, 0.29) is 11.7 Å². The zero-order valence-corrected chi connectivity index (χ0v) is 20.3. The predicted octanol–water partition coefficient (Wildman–Crippen LogP) is 5.74. The summed E-state index contributed by atoms with van der Waals surface area (Å²) in [4.78, 5) is 25.5. The van der Waals surface area contributed by atoms with Gasteiger partial charge in [-0.1, -0.05) is 27.5 Å². The van der Waals surface area contributed by atoms with Crippen molar-refractivity contribution in [3.63, 3.8) is 0 Å². The Hall–Kier alpha value is -3.10. The third-order valence-corrected chi connectivity index (χ3v) is 6.10. The van der Waals surface area contributed by atoms with Gasteiger partial charge in [-0.2, -0.15) is 5.10 Å². The number of methoxy groups -OCH3 is 1. The lowest BCUT2D eigenvalue weighted by atomic mass is 9.93. The molecule has 1 heterocycles. The molecule has 1 aliphatic carbocycles. The van der Waals surface area contributed by atoms with Crippen LogP contribution in [0.15, 0.2) is 56.5 Å². The fourth-order valence-electron chi connectivity index (χ4n) is 3.74. The second-order valence-corrected chi connectivity index (χ2v) is 8.87. The number of anilines is 1. The average molecular weight is 531 g/mol. The minimum absolute atomic E-state index is 0.191. The van der Waals surface area contributed by atoms with Crippen LogP contribution in [-0.4, -0.2) is 24.6 Å². The van der Waals surface area contributed by atoms with Gasteiger partial charge in [0, 0.05) is 32.6 Å². The molecule has 0 spiro atoms. The number of furan rings is 1. The van der Waals surface area contributed by atoms with Crippen LogP contribution < -0.4 is 15.5 Å². The highest BCUT2D eigenvalue weighted by atomic mass is 79.9. The van der Waals surface area contributed by atoms with Gasteiger partial charge in [-0.05, 0) is 62.2 Å². The number of ether oxygens (including phenoxy) is 1. The largest absolute Gasteiger partial charge is 0.495 e. The number of fused-ring (bicyclic) bond motifs is 1. The first-order chi connectivity index (χ1) is 15.9. The summed E-state index contributed by atoms with van der Waals surface area (Å²) in [6, 6.07) is 12.0. The number of benzene rings is 2. The van der Waals surface area contributed by atoms with E-state index in [0.717, 1.165) is 16.5 Å². The maximum Gasteiger partial charge on any atom is 0.291 e. The zero-order valence-electron chi connectivity index (χ0n) is 18.0. The molecule has 0 aliphatic heterocycles. The SMILES string of the molecule is COc1ccc(Cl)cc1NC(=O)c1oc2c(c1C)/C(=N/NC(=O)c1ccc(Br)cc1)CCC2. The molecule has 2 aromatic carbocycles. The Morgan fingerprint density at radius 3 is 2.61 bits per heavy atom. The van der Waals surface area contributed by atoms with Crippen LogP contribution in [0.2, 0.25) is 5.02 Å². The number of carbonyl (C=O) groups excluding carboxylic acids is 2. The summed E-state index contributed by atoms with van der Waals surface area (Å²) >= 11 is 9.42. The van der Waals surface area contributed by atoms with E-state index in [1.165, 1.54) is 7.11 Å². The Morgan fingerprint density at radius 2 is 1.88 bits per heavy atom. The molecule has 0 unspecified atom stereocenters. The summed E-state index contributed by atoms with van der Waals surface area (Å²) < 4.78 is 12.1. The first-order valence-corrected chi connectivity index (χ1v) is 11.4. The van der Waals surface area contributed by atoms with Crippen LogP contribution in [0, 0.1) is 6.92 Å². The molecule has 0 radical (unpaired) electrons. The van der Waals surface area contributed by atoms with Crippen LogP contribution in [0.5, 0.6) is 5.75 Å². The third-order valence-electron chi connectivity index (χ3n) is 5.34. The summed E-state index contributed by atoms with van der Waals surface area (Å²) in [6.45, 7) is 1.81. The fourth-order valence-corrected chi connectivity index (χ4v) is 4.17. The monoisotopic (exact) mass is 529 g/mol. The third kappa shape index (κ3) is 4.96. The number of halogens is 2. The van der Waals surface area contributed by atoms with Gasteiger partial charge in [0.25, 0.3) is 11.8 Å². The molecule has 7 nitrogen and oxygen atoms in total. The second-order valence-electron chi connectivity index (χ2n) is 7.51. The first-order valence-electron chi connectivity index (χ1n) is 10.3. The highest BCUT2D eigenvalue weighted by molar-refractivity contribution is 9.10. The number of hydrogen-bond acceptors (Lipinski definition) is 5. The van der Waals surface area contributed by atoms with E-state index in [1.54, 1.807) is 42.5 Å². The van der Waals surface area contributed by atoms with Gasteiger partial charge in [0.1, 0.15) is 11.5 Å². The van der Waals surface area contributed by atoms with Crippen LogP contribution in [0.3, 0.4) is 0 Å². The molecule has 9 heteroatoms. The predicted molar refractivity (Wildman–Crippen MR) is 130 cm³/mol. The summed E-state index contributed by atoms with van der Waals surface area (Å²) in [7, 11) is 1.51. The van der Waals surface area contributed by atoms with Crippen molar-refractivity contribution in [2.24, 2.45) is 5.10 Å². The molecule has 0 fully saturated rings. The molecule has 0 saturated heterocycles. The fraction of sp³-hybridized carbons (Fsp3) is 0.208. The molecule has 0 saturated carbocycles. The van der Waals surface area contributed by atoms with Crippen molar-refractivity contribution in [2.45, 2.75) is 26.2 Å². The van der Waals surface area contributed by atoms with Crippen molar-refractivity contribution in [3.8, 4) is 5.75 Å². The molecule has 2 N–H and O–H groups in total. The molecule has 3 aromatic rings. The van der Waals surface area contributed by atoms with Crippen LogP contribution in [0.1, 0.15) is 50.6 Å². The minimum Gasteiger partial charge on any atom is -0.495 e. The molecular weight excluding hydrogens is 510 g/mol. The van der Waals surface area contributed by atoms with Crippen molar-refractivity contribution >= 4 is 50.7 Å². The number of nitrogens with zero attached hydrogens (tertiary/aromatic N) is 1. The lowest BCUT2D eigenvalue weighted by Gasteiger charge is -2.13. The summed E-state index contributed by atoms with van der Waals surface area (Å²) in [5.74, 6) is 0.629. The topological polar surface area (TPSA) is 92.9 Å². The standard InChI is InChI=1S/C24H21BrClN3O4/c1-13-21-17(28-29-23(30)14-6-8-15(25)9-7-14)4-3-5-20(21)33-22(13)24(31)27-18-12-16(26)10-11-19(18)32-2/h6-12H,3-5H2,1-2H3,(H,27,31)(H,29,30)/b28-17+. The maximum atomic E-state index is 13.0. The number of hydrogen-bond donors (Lipinski definition) is 2. The number of hydrazone groups is 1. The normalized spacial score (nSPS) is 14.0. The molecule has 4 rings (SSSR count). The Balaban J connectivity index is 1.58. The zero-order chi connectivity index (χ0) is 23.5. The summed E-state index contributed by atoms with van der Waals surface area (Å²) in [5.41, 5.74) is 5.67. The Kier molecular flexibility index (Phi) is 6.85. The molecule has 1 aromatic heterocycles. The van der Waals surface area contributed by atoms with Crippen molar-refractivity contribution in [3.05, 3.63) is 80.2 Å². The van der Waals surface area contributed by atoms with E-state index in [2.05, 4.69) is 31.8 Å². The minimum atomic E-state index is -0.416. The molecule has 1 aliphatic rings. The van der Waals surface area contributed by atoms with Crippen molar-refractivity contribution in [1.82, 2.24) is 5.43 Å². The van der Waals surface area contributed by atoms with Gasteiger partial charge >= 0.3 is 0 Å². The Morgan fingerprint density at radius 1 is 1.12 bits per heavy atom. The van der Waals surface area contributed by atoms with Crippen molar-refractivity contribution < 1.29 is 18.7 Å². The Labute approximate surface area is 204 Å². The molecule has 0 bridgehead atoms. The van der Waals surface area contributed by atoms with Crippen molar-refractivity contribution in [1.29, 1.82) is 0 Å². The molecule has 170 valence electrons. The van der Waals surface area contributed by atoms with Crippen LogP contribution in [0.4, 0.5) is 5.69 Å². The molecule has 0 atom stereocenters. The summed E-state index contributed by atoms with van der Waals surface area (Å²) in [5, 5.41) is 7.63. The lowest BCUT2D eigenvalue weighted by molar-refractivity contribution is 0.0953. The molecular formula is C24H21BrClN3O4. The molecule has 33 heavy (non-hydrogen) atoms. The van der Waals surface area contributed by atoms with E-state index >= 15 is 0 Å². The maximum absolute atomic E-state index is 13.0. The van der Waals surface area contributed by atoms with Gasteiger partial charge in [-0.25, -0.2) is 5.43 Å². The van der Waals surface area contributed by atoms with Gasteiger partial charge in [-0.3, -0.25) is 9.59 Å². The van der Waals surface area contributed by atoms with E-state index in [4.69, 9.17) is 20.8 Å². The van der Waals surface area contributed by atoms with Crippen LogP contribution in [-0.2, 0) is 6.42 Å². The average Bonchev–Trinajstić information content (AvgIpc) is 3.15. The Bertz CT molecular complexity index is 1250. The van der Waals surface area contributed by atoms with Crippen LogP contribution in [0.25, 0.3) is 0 Å². The first kappa shape index (κ1) is 23.1. The quantitative estimate of drug-likeness (QED) is 0.412. The van der Waals surface area contributed by atoms with E-state index in [0.29, 0.717) is 51.9 Å². The number of aryl methyl sites for hydroxylation is 1. The highest BCUT2D eigenvalue weighted by Crippen LogP contribution is 2.32. The number of nitrogens with one attached hydrogen (secondary N) is 2. The van der Waals surface area contributed by atoms with Gasteiger partial charge in [0.05, 0.1) is 18.5 Å². The second kappa shape index (κ2) is 9.80. The molecule has 2 amide bonds. The highest BCUT2D eigenvalue weighted by Gasteiger charge is 2.28. The van der Waals surface area contributed by atoms with Gasteiger partial charge in [0.15, 0.2) is 5.76 Å². The summed E-state index contributed by atoms with van der Waals surface area (Å²) in [6.07, 6.45) is 2.15. The van der Waals surface area contributed by atoms with Crippen molar-refractivity contribution in [2.75, 3.05) is 12.4 Å².